The normalized spacial score (nSPS) is 11.2. The summed E-state index contributed by atoms with van der Waals surface area (Å²) in [5.74, 6) is 1.49. The van der Waals surface area contributed by atoms with Crippen LogP contribution in [0.4, 0.5) is 0 Å². The van der Waals surface area contributed by atoms with Gasteiger partial charge in [0.25, 0.3) is 0 Å². The Bertz CT molecular complexity index is 444. The van der Waals surface area contributed by atoms with Crippen molar-refractivity contribution in [3.05, 3.63) is 23.8 Å². The zero-order chi connectivity index (χ0) is 14.1. The van der Waals surface area contributed by atoms with Crippen LogP contribution in [0.25, 0.3) is 0 Å². The van der Waals surface area contributed by atoms with Crippen LogP contribution in [0.15, 0.2) is 23.2 Å². The standard InChI is InChI=1S/C14H20N2O3/c1-11(16-7-6-15-8-9-17)13-5-4-12(18-2)10-14(13)19-3/h4-5,9-10,15H,6-8H2,1-3H3. The van der Waals surface area contributed by atoms with Crippen LogP contribution >= 0.6 is 0 Å². The molecule has 104 valence electrons. The van der Waals surface area contributed by atoms with Gasteiger partial charge in [-0.05, 0) is 19.1 Å². The number of methoxy groups -OCH3 is 2. The first-order valence-electron chi connectivity index (χ1n) is 6.10. The number of nitrogens with one attached hydrogen (secondary N) is 1. The van der Waals surface area contributed by atoms with Crippen LogP contribution in [0, 0.1) is 0 Å². The van der Waals surface area contributed by atoms with Crippen molar-refractivity contribution in [3.8, 4) is 11.5 Å². The maximum absolute atomic E-state index is 10.1. The summed E-state index contributed by atoms with van der Waals surface area (Å²) in [6.07, 6.45) is 0.836. The highest BCUT2D eigenvalue weighted by atomic mass is 16.5. The van der Waals surface area contributed by atoms with Crippen LogP contribution < -0.4 is 14.8 Å². The topological polar surface area (TPSA) is 59.9 Å². The molecule has 0 aliphatic carbocycles. The summed E-state index contributed by atoms with van der Waals surface area (Å²) in [5, 5.41) is 2.96. The zero-order valence-corrected chi connectivity index (χ0v) is 11.6. The zero-order valence-electron chi connectivity index (χ0n) is 11.6. The lowest BCUT2D eigenvalue weighted by molar-refractivity contribution is -0.107. The minimum Gasteiger partial charge on any atom is -0.497 e. The lowest BCUT2D eigenvalue weighted by Gasteiger charge is -2.10. The molecule has 0 bridgehead atoms. The molecule has 0 saturated carbocycles. The van der Waals surface area contributed by atoms with Crippen LogP contribution in [0.1, 0.15) is 12.5 Å². The van der Waals surface area contributed by atoms with Gasteiger partial charge in [-0.15, -0.1) is 0 Å². The maximum atomic E-state index is 10.1. The van der Waals surface area contributed by atoms with Crippen LogP contribution in [0.3, 0.4) is 0 Å². The summed E-state index contributed by atoms with van der Waals surface area (Å²) in [6, 6.07) is 5.63. The number of nitrogens with zero attached hydrogens (tertiary/aromatic N) is 1. The molecule has 1 N–H and O–H groups in total. The van der Waals surface area contributed by atoms with Gasteiger partial charge in [-0.1, -0.05) is 0 Å². The predicted molar refractivity (Wildman–Crippen MR) is 75.6 cm³/mol. The number of aliphatic imine (C=N–C) groups is 1. The van der Waals surface area contributed by atoms with E-state index in [4.69, 9.17) is 9.47 Å². The number of carbonyl (C=O) groups is 1. The second-order valence-corrected chi connectivity index (χ2v) is 3.90. The van der Waals surface area contributed by atoms with E-state index in [0.717, 1.165) is 29.1 Å². The molecule has 1 aromatic carbocycles. The highest BCUT2D eigenvalue weighted by molar-refractivity contribution is 6.01. The number of benzene rings is 1. The Hall–Kier alpha value is -1.88. The van der Waals surface area contributed by atoms with E-state index in [1.807, 2.05) is 25.1 Å². The Morgan fingerprint density at radius 2 is 2.16 bits per heavy atom. The van der Waals surface area contributed by atoms with E-state index in [1.54, 1.807) is 14.2 Å². The second kappa shape index (κ2) is 8.26. The van der Waals surface area contributed by atoms with Crippen LogP contribution in [-0.2, 0) is 4.79 Å². The first-order chi connectivity index (χ1) is 9.22. The first kappa shape index (κ1) is 15.2. The average molecular weight is 264 g/mol. The Labute approximate surface area is 113 Å². The Balaban J connectivity index is 2.72. The van der Waals surface area contributed by atoms with Gasteiger partial charge in [-0.2, -0.15) is 0 Å². The third-order valence-electron chi connectivity index (χ3n) is 2.66. The lowest BCUT2D eigenvalue weighted by atomic mass is 10.1. The summed E-state index contributed by atoms with van der Waals surface area (Å²) >= 11 is 0. The first-order valence-corrected chi connectivity index (χ1v) is 6.10. The number of rotatable bonds is 8. The molecule has 0 spiro atoms. The van der Waals surface area contributed by atoms with Crippen molar-refractivity contribution >= 4 is 12.0 Å². The quantitative estimate of drug-likeness (QED) is 0.437. The molecule has 0 unspecified atom stereocenters. The lowest BCUT2D eigenvalue weighted by Crippen LogP contribution is -2.20. The second-order valence-electron chi connectivity index (χ2n) is 3.90. The van der Waals surface area contributed by atoms with E-state index in [9.17, 15) is 4.79 Å². The van der Waals surface area contributed by atoms with Crippen molar-refractivity contribution in [2.45, 2.75) is 6.92 Å². The Morgan fingerprint density at radius 3 is 2.79 bits per heavy atom. The van der Waals surface area contributed by atoms with Crippen LogP contribution in [0.2, 0.25) is 0 Å². The summed E-state index contributed by atoms with van der Waals surface area (Å²) in [5.41, 5.74) is 1.84. The fourth-order valence-electron chi connectivity index (χ4n) is 1.65. The highest BCUT2D eigenvalue weighted by Crippen LogP contribution is 2.25. The summed E-state index contributed by atoms with van der Waals surface area (Å²) in [6.45, 7) is 3.59. The van der Waals surface area contributed by atoms with Crippen LogP contribution in [-0.4, -0.2) is 45.9 Å². The minimum absolute atomic E-state index is 0.362. The fraction of sp³-hybridized carbons (Fsp3) is 0.429. The molecule has 1 rings (SSSR count). The van der Waals surface area contributed by atoms with Gasteiger partial charge in [-0.3, -0.25) is 4.99 Å². The Kier molecular flexibility index (Phi) is 6.60. The molecular weight excluding hydrogens is 244 g/mol. The molecule has 0 aliphatic heterocycles. The van der Waals surface area contributed by atoms with E-state index < -0.39 is 0 Å². The number of ether oxygens (including phenoxy) is 2. The van der Waals surface area contributed by atoms with E-state index in [0.29, 0.717) is 19.6 Å². The molecule has 5 nitrogen and oxygen atoms in total. The van der Waals surface area contributed by atoms with Gasteiger partial charge in [0.1, 0.15) is 17.8 Å². The number of hydrogen-bond acceptors (Lipinski definition) is 5. The molecule has 0 amide bonds. The average Bonchev–Trinajstić information content (AvgIpc) is 2.46. The van der Waals surface area contributed by atoms with E-state index in [2.05, 4.69) is 10.3 Å². The van der Waals surface area contributed by atoms with Gasteiger partial charge < -0.3 is 19.6 Å². The molecule has 0 atom stereocenters. The van der Waals surface area contributed by atoms with Gasteiger partial charge in [0.05, 0.1) is 27.3 Å². The molecule has 5 heteroatoms. The molecule has 0 heterocycles. The maximum Gasteiger partial charge on any atom is 0.133 e. The third kappa shape index (κ3) is 4.71. The molecular formula is C14H20N2O3. The fourth-order valence-corrected chi connectivity index (χ4v) is 1.65. The van der Waals surface area contributed by atoms with Gasteiger partial charge in [0, 0.05) is 23.9 Å². The van der Waals surface area contributed by atoms with Crippen molar-refractivity contribution in [1.82, 2.24) is 5.32 Å². The van der Waals surface area contributed by atoms with Gasteiger partial charge in [-0.25, -0.2) is 0 Å². The van der Waals surface area contributed by atoms with E-state index >= 15 is 0 Å². The van der Waals surface area contributed by atoms with Gasteiger partial charge >= 0.3 is 0 Å². The Morgan fingerprint density at radius 1 is 1.37 bits per heavy atom. The molecule has 0 radical (unpaired) electrons. The van der Waals surface area contributed by atoms with Crippen molar-refractivity contribution in [2.24, 2.45) is 4.99 Å². The smallest absolute Gasteiger partial charge is 0.133 e. The molecule has 0 aromatic heterocycles. The molecule has 0 saturated heterocycles. The third-order valence-corrected chi connectivity index (χ3v) is 2.66. The minimum atomic E-state index is 0.362. The largest absolute Gasteiger partial charge is 0.497 e. The number of aldehydes is 1. The molecule has 19 heavy (non-hydrogen) atoms. The van der Waals surface area contributed by atoms with Crippen molar-refractivity contribution < 1.29 is 14.3 Å². The molecule has 0 fully saturated rings. The van der Waals surface area contributed by atoms with Gasteiger partial charge in [0.2, 0.25) is 0 Å². The molecule has 1 aromatic rings. The van der Waals surface area contributed by atoms with Crippen molar-refractivity contribution in [2.75, 3.05) is 33.9 Å². The van der Waals surface area contributed by atoms with E-state index in [1.165, 1.54) is 0 Å². The summed E-state index contributed by atoms with van der Waals surface area (Å²) in [7, 11) is 3.24. The SMILES string of the molecule is COc1ccc(C(C)=NCCNCC=O)c(OC)c1. The number of hydrogen-bond donors (Lipinski definition) is 1. The summed E-state index contributed by atoms with van der Waals surface area (Å²) in [4.78, 5) is 14.6. The number of carbonyl (C=O) groups excluding carboxylic acids is 1. The van der Waals surface area contributed by atoms with Crippen molar-refractivity contribution in [3.63, 3.8) is 0 Å². The highest BCUT2D eigenvalue weighted by Gasteiger charge is 2.07. The predicted octanol–water partition coefficient (Wildman–Crippen LogP) is 1.30. The van der Waals surface area contributed by atoms with Gasteiger partial charge in [0.15, 0.2) is 0 Å². The van der Waals surface area contributed by atoms with Crippen molar-refractivity contribution in [1.29, 1.82) is 0 Å². The van der Waals surface area contributed by atoms with E-state index in [-0.39, 0.29) is 0 Å². The molecule has 0 aliphatic rings. The monoisotopic (exact) mass is 264 g/mol. The van der Waals surface area contributed by atoms with Crippen LogP contribution in [0.5, 0.6) is 11.5 Å². The summed E-state index contributed by atoms with van der Waals surface area (Å²) < 4.78 is 10.5.